The normalized spacial score (nSPS) is 18.5. The molecule has 1 aliphatic rings. The molecule has 3 heteroatoms. The van der Waals surface area contributed by atoms with Crippen LogP contribution < -0.4 is 5.73 Å². The maximum absolute atomic E-state index is 13.0. The van der Waals surface area contributed by atoms with Gasteiger partial charge in [-0.15, -0.1) is 0 Å². The zero-order valence-electron chi connectivity index (χ0n) is 9.96. The predicted molar refractivity (Wildman–Crippen MR) is 69.7 cm³/mol. The molecular weight excluding hydrogens is 237 g/mol. The Labute approximate surface area is 107 Å². The lowest BCUT2D eigenvalue weighted by Crippen LogP contribution is -2.28. The molecule has 0 saturated heterocycles. The van der Waals surface area contributed by atoms with E-state index in [0.29, 0.717) is 5.92 Å². The van der Waals surface area contributed by atoms with Crippen molar-refractivity contribution in [3.8, 4) is 0 Å². The van der Waals surface area contributed by atoms with E-state index in [9.17, 15) is 4.39 Å². The fourth-order valence-corrected chi connectivity index (χ4v) is 2.85. The fraction of sp³-hybridized carbons (Fsp3) is 0.571. The lowest BCUT2D eigenvalue weighted by molar-refractivity contribution is 0.410. The molecule has 0 spiro atoms. The van der Waals surface area contributed by atoms with E-state index in [1.165, 1.54) is 31.7 Å². The second-order valence-electron chi connectivity index (χ2n) is 5.00. The van der Waals surface area contributed by atoms with Crippen molar-refractivity contribution in [3.63, 3.8) is 0 Å². The van der Waals surface area contributed by atoms with Crippen LogP contribution in [0.5, 0.6) is 0 Å². The SMILES string of the molecule is NC(CCc1ccc(F)c(Cl)c1)C1CCCC1. The van der Waals surface area contributed by atoms with Gasteiger partial charge in [0.15, 0.2) is 0 Å². The summed E-state index contributed by atoms with van der Waals surface area (Å²) < 4.78 is 13.0. The van der Waals surface area contributed by atoms with Crippen molar-refractivity contribution in [3.05, 3.63) is 34.6 Å². The highest BCUT2D eigenvalue weighted by Gasteiger charge is 2.21. The van der Waals surface area contributed by atoms with E-state index in [4.69, 9.17) is 17.3 Å². The van der Waals surface area contributed by atoms with E-state index >= 15 is 0 Å². The van der Waals surface area contributed by atoms with Crippen molar-refractivity contribution in [2.45, 2.75) is 44.6 Å². The van der Waals surface area contributed by atoms with E-state index in [1.807, 2.05) is 0 Å². The van der Waals surface area contributed by atoms with Gasteiger partial charge >= 0.3 is 0 Å². The molecule has 0 bridgehead atoms. The fourth-order valence-electron chi connectivity index (χ4n) is 2.65. The monoisotopic (exact) mass is 255 g/mol. The topological polar surface area (TPSA) is 26.0 Å². The van der Waals surface area contributed by atoms with Crippen LogP contribution >= 0.6 is 11.6 Å². The molecule has 0 aromatic heterocycles. The summed E-state index contributed by atoms with van der Waals surface area (Å²) in [5.41, 5.74) is 7.26. The van der Waals surface area contributed by atoms with Gasteiger partial charge < -0.3 is 5.73 Å². The van der Waals surface area contributed by atoms with Crippen LogP contribution in [0, 0.1) is 11.7 Å². The molecule has 0 aliphatic heterocycles. The van der Waals surface area contributed by atoms with E-state index in [1.54, 1.807) is 12.1 Å². The molecular formula is C14H19ClFN. The summed E-state index contributed by atoms with van der Waals surface area (Å²) >= 11 is 5.75. The molecule has 1 aromatic rings. The molecule has 17 heavy (non-hydrogen) atoms. The molecule has 0 radical (unpaired) electrons. The molecule has 94 valence electrons. The average molecular weight is 256 g/mol. The molecule has 2 rings (SSSR count). The van der Waals surface area contributed by atoms with Gasteiger partial charge in [0.2, 0.25) is 0 Å². The van der Waals surface area contributed by atoms with Crippen LogP contribution in [-0.2, 0) is 6.42 Å². The first-order valence-corrected chi connectivity index (χ1v) is 6.74. The van der Waals surface area contributed by atoms with Crippen molar-refractivity contribution >= 4 is 11.6 Å². The van der Waals surface area contributed by atoms with Crippen molar-refractivity contribution in [2.24, 2.45) is 11.7 Å². The summed E-state index contributed by atoms with van der Waals surface area (Å²) in [6, 6.07) is 5.21. The number of halogens is 2. The van der Waals surface area contributed by atoms with Gasteiger partial charge in [-0.1, -0.05) is 30.5 Å². The quantitative estimate of drug-likeness (QED) is 0.867. The van der Waals surface area contributed by atoms with Crippen LogP contribution in [0.1, 0.15) is 37.7 Å². The molecule has 0 heterocycles. The maximum atomic E-state index is 13.0. The molecule has 1 aromatic carbocycles. The summed E-state index contributed by atoms with van der Waals surface area (Å²) in [5, 5.41) is 0.205. The molecule has 1 fully saturated rings. The minimum absolute atomic E-state index is 0.205. The standard InChI is InChI=1S/C14H19ClFN/c15-12-9-10(5-7-13(12)16)6-8-14(17)11-3-1-2-4-11/h5,7,9,11,14H,1-4,6,8,17H2. The Morgan fingerprint density at radius 2 is 2.06 bits per heavy atom. The van der Waals surface area contributed by atoms with E-state index in [-0.39, 0.29) is 16.9 Å². The largest absolute Gasteiger partial charge is 0.327 e. The van der Waals surface area contributed by atoms with Crippen molar-refractivity contribution < 1.29 is 4.39 Å². The van der Waals surface area contributed by atoms with E-state index in [2.05, 4.69) is 0 Å². The van der Waals surface area contributed by atoms with E-state index in [0.717, 1.165) is 18.4 Å². The number of nitrogens with two attached hydrogens (primary N) is 1. The second kappa shape index (κ2) is 5.83. The minimum Gasteiger partial charge on any atom is -0.327 e. The highest BCUT2D eigenvalue weighted by atomic mass is 35.5. The van der Waals surface area contributed by atoms with Gasteiger partial charge in [0, 0.05) is 6.04 Å². The summed E-state index contributed by atoms with van der Waals surface area (Å²) in [5.74, 6) is 0.335. The first kappa shape index (κ1) is 12.8. The summed E-state index contributed by atoms with van der Waals surface area (Å²) in [7, 11) is 0. The Kier molecular flexibility index (Phi) is 4.41. The number of hydrogen-bond donors (Lipinski definition) is 1. The van der Waals surface area contributed by atoms with Crippen LogP contribution in [0.25, 0.3) is 0 Å². The minimum atomic E-state index is -0.351. The molecule has 1 unspecified atom stereocenters. The van der Waals surface area contributed by atoms with Gasteiger partial charge in [-0.2, -0.15) is 0 Å². The van der Waals surface area contributed by atoms with Crippen LogP contribution in [0.4, 0.5) is 4.39 Å². The first-order valence-electron chi connectivity index (χ1n) is 6.36. The highest BCUT2D eigenvalue weighted by Crippen LogP contribution is 2.28. The van der Waals surface area contributed by atoms with E-state index < -0.39 is 0 Å². The molecule has 1 aliphatic carbocycles. The zero-order chi connectivity index (χ0) is 12.3. The lowest BCUT2D eigenvalue weighted by Gasteiger charge is -2.18. The third kappa shape index (κ3) is 3.43. The lowest BCUT2D eigenvalue weighted by atomic mass is 9.93. The van der Waals surface area contributed by atoms with Crippen LogP contribution in [0.3, 0.4) is 0 Å². The van der Waals surface area contributed by atoms with Crippen LogP contribution in [0.15, 0.2) is 18.2 Å². The van der Waals surface area contributed by atoms with Gasteiger partial charge in [-0.3, -0.25) is 0 Å². The Morgan fingerprint density at radius 3 is 2.71 bits per heavy atom. The van der Waals surface area contributed by atoms with Gasteiger partial charge in [-0.25, -0.2) is 4.39 Å². The van der Waals surface area contributed by atoms with Crippen molar-refractivity contribution in [1.29, 1.82) is 0 Å². The number of rotatable bonds is 4. The van der Waals surface area contributed by atoms with Crippen LogP contribution in [0.2, 0.25) is 5.02 Å². The zero-order valence-corrected chi connectivity index (χ0v) is 10.7. The Balaban J connectivity index is 1.86. The molecule has 1 nitrogen and oxygen atoms in total. The number of aryl methyl sites for hydroxylation is 1. The Hall–Kier alpha value is -0.600. The Morgan fingerprint density at radius 1 is 1.35 bits per heavy atom. The van der Waals surface area contributed by atoms with Crippen molar-refractivity contribution in [2.75, 3.05) is 0 Å². The maximum Gasteiger partial charge on any atom is 0.141 e. The third-order valence-electron chi connectivity index (χ3n) is 3.76. The third-order valence-corrected chi connectivity index (χ3v) is 4.05. The van der Waals surface area contributed by atoms with Gasteiger partial charge in [-0.05, 0) is 49.3 Å². The average Bonchev–Trinajstić information content (AvgIpc) is 2.84. The van der Waals surface area contributed by atoms with Gasteiger partial charge in [0.1, 0.15) is 5.82 Å². The van der Waals surface area contributed by atoms with Gasteiger partial charge in [0.05, 0.1) is 5.02 Å². The number of benzene rings is 1. The van der Waals surface area contributed by atoms with Crippen molar-refractivity contribution in [1.82, 2.24) is 0 Å². The summed E-state index contributed by atoms with van der Waals surface area (Å²) in [4.78, 5) is 0. The molecule has 1 atom stereocenters. The Bertz CT molecular complexity index is 374. The summed E-state index contributed by atoms with van der Waals surface area (Å²) in [6.45, 7) is 0. The molecule has 2 N–H and O–H groups in total. The summed E-state index contributed by atoms with van der Waals surface area (Å²) in [6.07, 6.45) is 7.03. The smallest absolute Gasteiger partial charge is 0.141 e. The first-order chi connectivity index (χ1) is 8.16. The molecule has 1 saturated carbocycles. The van der Waals surface area contributed by atoms with Crippen LogP contribution in [-0.4, -0.2) is 6.04 Å². The molecule has 0 amide bonds. The highest BCUT2D eigenvalue weighted by molar-refractivity contribution is 6.30. The second-order valence-corrected chi connectivity index (χ2v) is 5.40. The predicted octanol–water partition coefficient (Wildman–Crippen LogP) is 3.93. The van der Waals surface area contributed by atoms with Gasteiger partial charge in [0.25, 0.3) is 0 Å². The number of hydrogen-bond acceptors (Lipinski definition) is 1.